The lowest BCUT2D eigenvalue weighted by Crippen LogP contribution is -2.04. The Balaban J connectivity index is 2.38. The summed E-state index contributed by atoms with van der Waals surface area (Å²) in [5.41, 5.74) is 2.42. The number of hydrogen-bond acceptors (Lipinski definition) is 3. The van der Waals surface area contributed by atoms with Gasteiger partial charge in [-0.2, -0.15) is 5.26 Å². The lowest BCUT2D eigenvalue weighted by molar-refractivity contribution is 0.103. The van der Waals surface area contributed by atoms with Gasteiger partial charge in [-0.1, -0.05) is 0 Å². The van der Waals surface area contributed by atoms with E-state index >= 15 is 0 Å². The molecule has 2 rings (SSSR count). The molecule has 0 aliphatic heterocycles. The molecule has 0 aliphatic rings. The van der Waals surface area contributed by atoms with E-state index in [-0.39, 0.29) is 5.78 Å². The number of carbonyl (C=O) groups excluding carboxylic acids is 1. The predicted molar refractivity (Wildman–Crippen MR) is 63.6 cm³/mol. The first-order valence-electron chi connectivity index (χ1n) is 5.19. The Labute approximate surface area is 99.4 Å². The molecule has 1 aromatic carbocycles. The molecule has 0 amide bonds. The maximum Gasteiger partial charge on any atom is 0.194 e. The van der Waals surface area contributed by atoms with E-state index in [0.29, 0.717) is 22.4 Å². The van der Waals surface area contributed by atoms with Crippen molar-refractivity contribution < 1.29 is 4.79 Å². The van der Waals surface area contributed by atoms with Crippen LogP contribution >= 0.6 is 0 Å². The van der Waals surface area contributed by atoms with Crippen LogP contribution in [0, 0.1) is 18.3 Å². The fraction of sp³-hybridized carbons (Fsp3) is 0.0714. The highest BCUT2D eigenvalue weighted by molar-refractivity contribution is 6.09. The largest absolute Gasteiger partial charge is 0.289 e. The number of ketones is 1. The number of rotatable bonds is 2. The Kier molecular flexibility index (Phi) is 2.97. The number of benzene rings is 1. The molecular formula is C14H10N2O. The highest BCUT2D eigenvalue weighted by Gasteiger charge is 2.11. The maximum atomic E-state index is 12.1. The first-order valence-corrected chi connectivity index (χ1v) is 5.19. The monoisotopic (exact) mass is 222 g/mol. The topological polar surface area (TPSA) is 53.8 Å². The summed E-state index contributed by atoms with van der Waals surface area (Å²) in [5, 5.41) is 8.68. The third-order valence-electron chi connectivity index (χ3n) is 2.53. The molecule has 0 atom stereocenters. The van der Waals surface area contributed by atoms with Crippen molar-refractivity contribution in [1.29, 1.82) is 5.26 Å². The summed E-state index contributed by atoms with van der Waals surface area (Å²) in [4.78, 5) is 16.2. The van der Waals surface area contributed by atoms with Gasteiger partial charge in [0.1, 0.15) is 0 Å². The first kappa shape index (κ1) is 11.0. The van der Waals surface area contributed by atoms with Crippen LogP contribution in [-0.4, -0.2) is 10.8 Å². The van der Waals surface area contributed by atoms with Crippen molar-refractivity contribution in [1.82, 2.24) is 4.98 Å². The lowest BCUT2D eigenvalue weighted by Gasteiger charge is -2.03. The molecule has 0 unspecified atom stereocenters. The predicted octanol–water partition coefficient (Wildman–Crippen LogP) is 2.49. The smallest absolute Gasteiger partial charge is 0.194 e. The summed E-state index contributed by atoms with van der Waals surface area (Å²) in [6, 6.07) is 12.1. The molecule has 17 heavy (non-hydrogen) atoms. The van der Waals surface area contributed by atoms with Crippen LogP contribution in [-0.2, 0) is 0 Å². The molecule has 2 aromatic rings. The summed E-state index contributed by atoms with van der Waals surface area (Å²) in [6.45, 7) is 1.80. The highest BCUT2D eigenvalue weighted by Crippen LogP contribution is 2.12. The van der Waals surface area contributed by atoms with Gasteiger partial charge in [0, 0.05) is 23.0 Å². The molecule has 0 aliphatic carbocycles. The number of pyridine rings is 1. The molecule has 82 valence electrons. The Hall–Kier alpha value is -2.47. The molecule has 3 nitrogen and oxygen atoms in total. The quantitative estimate of drug-likeness (QED) is 0.733. The van der Waals surface area contributed by atoms with E-state index in [2.05, 4.69) is 4.98 Å². The van der Waals surface area contributed by atoms with E-state index < -0.39 is 0 Å². The van der Waals surface area contributed by atoms with Gasteiger partial charge in [0.15, 0.2) is 5.78 Å². The second-order valence-corrected chi connectivity index (χ2v) is 3.65. The number of nitrogens with zero attached hydrogens (tertiary/aromatic N) is 2. The van der Waals surface area contributed by atoms with Gasteiger partial charge >= 0.3 is 0 Å². The third kappa shape index (κ3) is 2.21. The molecule has 0 bridgehead atoms. The van der Waals surface area contributed by atoms with Crippen molar-refractivity contribution in [3.05, 3.63) is 65.0 Å². The Morgan fingerprint density at radius 3 is 2.53 bits per heavy atom. The molecule has 0 N–H and O–H groups in total. The van der Waals surface area contributed by atoms with E-state index in [1.54, 1.807) is 49.5 Å². The van der Waals surface area contributed by atoms with Gasteiger partial charge in [-0.25, -0.2) is 0 Å². The van der Waals surface area contributed by atoms with E-state index in [9.17, 15) is 4.79 Å². The Morgan fingerprint density at radius 2 is 1.94 bits per heavy atom. The fourth-order valence-electron chi connectivity index (χ4n) is 1.58. The number of nitriles is 1. The average molecular weight is 222 g/mol. The number of hydrogen-bond donors (Lipinski definition) is 0. The zero-order valence-electron chi connectivity index (χ0n) is 9.34. The van der Waals surface area contributed by atoms with Crippen molar-refractivity contribution in [2.45, 2.75) is 6.92 Å². The van der Waals surface area contributed by atoms with Crippen molar-refractivity contribution in [3.8, 4) is 6.07 Å². The standard InChI is InChI=1S/C14H10N2O/c1-10-13(3-2-8-16-10)14(17)12-6-4-11(9-15)5-7-12/h2-8H,1H3. The van der Waals surface area contributed by atoms with E-state index in [4.69, 9.17) is 5.26 Å². The van der Waals surface area contributed by atoms with Gasteiger partial charge in [-0.05, 0) is 43.3 Å². The van der Waals surface area contributed by atoms with E-state index in [1.807, 2.05) is 6.07 Å². The second-order valence-electron chi connectivity index (χ2n) is 3.65. The molecule has 0 saturated carbocycles. The molecule has 3 heteroatoms. The van der Waals surface area contributed by atoms with E-state index in [0.717, 1.165) is 0 Å². The van der Waals surface area contributed by atoms with Crippen LogP contribution in [0.3, 0.4) is 0 Å². The van der Waals surface area contributed by atoms with E-state index in [1.165, 1.54) is 0 Å². The molecule has 1 heterocycles. The van der Waals surface area contributed by atoms with Crippen LogP contribution in [0.1, 0.15) is 27.2 Å². The van der Waals surface area contributed by atoms with Gasteiger partial charge in [-0.15, -0.1) is 0 Å². The van der Waals surface area contributed by atoms with Crippen LogP contribution < -0.4 is 0 Å². The van der Waals surface area contributed by atoms with Gasteiger partial charge in [0.05, 0.1) is 11.6 Å². The molecule has 0 fully saturated rings. The van der Waals surface area contributed by atoms with Crippen LogP contribution in [0.25, 0.3) is 0 Å². The number of aryl methyl sites for hydroxylation is 1. The molecular weight excluding hydrogens is 212 g/mol. The van der Waals surface area contributed by atoms with Gasteiger partial charge in [0.25, 0.3) is 0 Å². The summed E-state index contributed by atoms with van der Waals surface area (Å²) in [6.07, 6.45) is 1.66. The minimum atomic E-state index is -0.0694. The zero-order chi connectivity index (χ0) is 12.3. The molecule has 0 saturated heterocycles. The summed E-state index contributed by atoms with van der Waals surface area (Å²) < 4.78 is 0. The van der Waals surface area contributed by atoms with Crippen molar-refractivity contribution in [3.63, 3.8) is 0 Å². The zero-order valence-corrected chi connectivity index (χ0v) is 9.34. The number of carbonyl (C=O) groups is 1. The SMILES string of the molecule is Cc1ncccc1C(=O)c1ccc(C#N)cc1. The fourth-order valence-corrected chi connectivity index (χ4v) is 1.58. The first-order chi connectivity index (χ1) is 8.22. The van der Waals surface area contributed by atoms with Crippen molar-refractivity contribution in [2.75, 3.05) is 0 Å². The average Bonchev–Trinajstić information content (AvgIpc) is 2.39. The van der Waals surface area contributed by atoms with Crippen LogP contribution in [0.5, 0.6) is 0 Å². The van der Waals surface area contributed by atoms with Crippen molar-refractivity contribution >= 4 is 5.78 Å². The molecule has 0 radical (unpaired) electrons. The van der Waals surface area contributed by atoms with Crippen LogP contribution in [0.2, 0.25) is 0 Å². The minimum absolute atomic E-state index is 0.0694. The Bertz CT molecular complexity index is 594. The van der Waals surface area contributed by atoms with Gasteiger partial charge in [-0.3, -0.25) is 9.78 Å². The third-order valence-corrected chi connectivity index (χ3v) is 2.53. The minimum Gasteiger partial charge on any atom is -0.289 e. The number of aromatic nitrogens is 1. The van der Waals surface area contributed by atoms with Crippen LogP contribution in [0.15, 0.2) is 42.6 Å². The van der Waals surface area contributed by atoms with Gasteiger partial charge in [0.2, 0.25) is 0 Å². The molecule has 0 spiro atoms. The normalized spacial score (nSPS) is 9.65. The maximum absolute atomic E-state index is 12.1. The highest BCUT2D eigenvalue weighted by atomic mass is 16.1. The summed E-state index contributed by atoms with van der Waals surface area (Å²) in [5.74, 6) is -0.0694. The second kappa shape index (κ2) is 4.58. The van der Waals surface area contributed by atoms with Crippen molar-refractivity contribution in [2.24, 2.45) is 0 Å². The summed E-state index contributed by atoms with van der Waals surface area (Å²) in [7, 11) is 0. The van der Waals surface area contributed by atoms with Gasteiger partial charge < -0.3 is 0 Å². The Morgan fingerprint density at radius 1 is 1.24 bits per heavy atom. The molecule has 1 aromatic heterocycles. The lowest BCUT2D eigenvalue weighted by atomic mass is 10.0. The summed E-state index contributed by atoms with van der Waals surface area (Å²) >= 11 is 0. The van der Waals surface area contributed by atoms with Crippen LogP contribution in [0.4, 0.5) is 0 Å².